The summed E-state index contributed by atoms with van der Waals surface area (Å²) in [5.74, 6) is -0.552. The van der Waals surface area contributed by atoms with Crippen molar-refractivity contribution in [3.63, 3.8) is 0 Å². The molecule has 36 heavy (non-hydrogen) atoms. The molecule has 0 aliphatic carbocycles. The average Bonchev–Trinajstić information content (AvgIpc) is 3.19. The van der Waals surface area contributed by atoms with Crippen LogP contribution in [-0.4, -0.2) is 47.9 Å². The van der Waals surface area contributed by atoms with E-state index in [0.717, 1.165) is 28.4 Å². The van der Waals surface area contributed by atoms with E-state index in [0.29, 0.717) is 13.1 Å². The Bertz CT molecular complexity index is 1360. The number of amides is 1. The van der Waals surface area contributed by atoms with Gasteiger partial charge in [-0.15, -0.1) is 0 Å². The smallest absolute Gasteiger partial charge is 0.414 e. The third-order valence-electron chi connectivity index (χ3n) is 5.80. The summed E-state index contributed by atoms with van der Waals surface area (Å²) in [7, 11) is 2.58. The second kappa shape index (κ2) is 9.40. The van der Waals surface area contributed by atoms with Crippen LogP contribution in [-0.2, 0) is 22.6 Å². The summed E-state index contributed by atoms with van der Waals surface area (Å²) in [5, 5.41) is 15.8. The molecule has 1 amide bonds. The van der Waals surface area contributed by atoms with E-state index in [1.165, 1.54) is 20.3 Å². The van der Waals surface area contributed by atoms with Gasteiger partial charge in [0.1, 0.15) is 11.4 Å². The van der Waals surface area contributed by atoms with Crippen molar-refractivity contribution >= 4 is 40.0 Å². The van der Waals surface area contributed by atoms with Crippen molar-refractivity contribution in [1.29, 1.82) is 0 Å². The quantitative estimate of drug-likeness (QED) is 0.295. The van der Waals surface area contributed by atoms with Crippen LogP contribution in [0, 0.1) is 10.1 Å². The number of para-hydroxylation sites is 1. The SMILES string of the molecule is COC(=O)c1cc(OC)c(NCc2cc3cccc4c3n2CCN4C(=O)OC(C)(C)C)c([N+](=O)[O-])c1. The van der Waals surface area contributed by atoms with Gasteiger partial charge in [-0.25, -0.2) is 9.59 Å². The number of nitro groups is 1. The van der Waals surface area contributed by atoms with E-state index in [1.807, 2.05) is 45.0 Å². The Morgan fingerprint density at radius 1 is 1.14 bits per heavy atom. The maximum atomic E-state index is 12.8. The number of nitrogens with one attached hydrogen (secondary N) is 1. The molecule has 0 saturated heterocycles. The first kappa shape index (κ1) is 24.8. The molecule has 1 aliphatic heterocycles. The lowest BCUT2D eigenvalue weighted by Crippen LogP contribution is -2.41. The van der Waals surface area contributed by atoms with Crippen molar-refractivity contribution in [1.82, 2.24) is 4.57 Å². The van der Waals surface area contributed by atoms with Crippen LogP contribution in [0.4, 0.5) is 21.9 Å². The van der Waals surface area contributed by atoms with Crippen molar-refractivity contribution in [3.8, 4) is 5.75 Å². The van der Waals surface area contributed by atoms with Crippen LogP contribution in [0.5, 0.6) is 5.75 Å². The van der Waals surface area contributed by atoms with Crippen LogP contribution in [0.1, 0.15) is 36.8 Å². The summed E-state index contributed by atoms with van der Waals surface area (Å²) in [4.78, 5) is 37.6. The monoisotopic (exact) mass is 496 g/mol. The molecule has 1 aliphatic rings. The van der Waals surface area contributed by atoms with Gasteiger partial charge in [0, 0.05) is 30.2 Å². The first-order valence-corrected chi connectivity index (χ1v) is 11.3. The number of anilines is 2. The summed E-state index contributed by atoms with van der Waals surface area (Å²) in [5.41, 5.74) is 1.74. The number of nitrogens with zero attached hydrogens (tertiary/aromatic N) is 3. The van der Waals surface area contributed by atoms with Gasteiger partial charge in [0.2, 0.25) is 0 Å². The Kier molecular flexibility index (Phi) is 6.49. The molecule has 0 radical (unpaired) electrons. The molecule has 0 fully saturated rings. The normalized spacial score (nSPS) is 12.9. The molecule has 0 unspecified atom stereocenters. The first-order chi connectivity index (χ1) is 17.0. The van der Waals surface area contributed by atoms with Gasteiger partial charge in [0.25, 0.3) is 5.69 Å². The highest BCUT2D eigenvalue weighted by atomic mass is 16.6. The van der Waals surface area contributed by atoms with Gasteiger partial charge in [-0.2, -0.15) is 0 Å². The maximum absolute atomic E-state index is 12.8. The minimum absolute atomic E-state index is 0.0157. The van der Waals surface area contributed by atoms with Gasteiger partial charge in [-0.1, -0.05) is 12.1 Å². The zero-order valence-electron chi connectivity index (χ0n) is 20.8. The predicted molar refractivity (Wildman–Crippen MR) is 134 cm³/mol. The molecule has 1 N–H and O–H groups in total. The van der Waals surface area contributed by atoms with Crippen molar-refractivity contribution < 1.29 is 28.7 Å². The predicted octanol–water partition coefficient (Wildman–Crippen LogP) is 4.71. The molecule has 2 heterocycles. The van der Waals surface area contributed by atoms with E-state index >= 15 is 0 Å². The number of aromatic nitrogens is 1. The second-order valence-corrected chi connectivity index (χ2v) is 9.31. The van der Waals surface area contributed by atoms with Gasteiger partial charge in [-0.05, 0) is 39.0 Å². The highest BCUT2D eigenvalue weighted by molar-refractivity contribution is 6.01. The second-order valence-electron chi connectivity index (χ2n) is 9.31. The van der Waals surface area contributed by atoms with Gasteiger partial charge >= 0.3 is 12.1 Å². The fourth-order valence-electron chi connectivity index (χ4n) is 4.31. The Labute approximate surface area is 207 Å². The lowest BCUT2D eigenvalue weighted by molar-refractivity contribution is -0.384. The van der Waals surface area contributed by atoms with Crippen LogP contribution in [0.2, 0.25) is 0 Å². The lowest BCUT2D eigenvalue weighted by Gasteiger charge is -2.31. The zero-order chi connectivity index (χ0) is 26.2. The van der Waals surface area contributed by atoms with Crippen molar-refractivity contribution in [2.45, 2.75) is 39.5 Å². The number of ether oxygens (including phenoxy) is 3. The highest BCUT2D eigenvalue weighted by Gasteiger charge is 2.30. The molecule has 0 saturated carbocycles. The molecule has 0 atom stereocenters. The number of carbonyl (C=O) groups is 2. The van der Waals surface area contributed by atoms with E-state index in [2.05, 4.69) is 9.88 Å². The highest BCUT2D eigenvalue weighted by Crippen LogP contribution is 2.38. The first-order valence-electron chi connectivity index (χ1n) is 11.3. The number of benzene rings is 2. The number of rotatable bonds is 6. The summed E-state index contributed by atoms with van der Waals surface area (Å²) in [6.07, 6.45) is -0.409. The number of hydrogen-bond acceptors (Lipinski definition) is 8. The number of carbonyl (C=O) groups excluding carboxylic acids is 2. The van der Waals surface area contributed by atoms with E-state index < -0.39 is 22.6 Å². The summed E-state index contributed by atoms with van der Waals surface area (Å²) >= 11 is 0. The Morgan fingerprint density at radius 3 is 2.53 bits per heavy atom. The average molecular weight is 497 g/mol. The third kappa shape index (κ3) is 4.64. The van der Waals surface area contributed by atoms with E-state index in [4.69, 9.17) is 14.2 Å². The molecule has 0 spiro atoms. The van der Waals surface area contributed by atoms with Crippen LogP contribution in [0.15, 0.2) is 36.4 Å². The summed E-state index contributed by atoms with van der Waals surface area (Å²) in [6.45, 7) is 6.67. The topological polar surface area (TPSA) is 125 Å². The molecule has 190 valence electrons. The molecular formula is C25H28N4O7. The zero-order valence-corrected chi connectivity index (χ0v) is 20.8. The molecule has 2 aromatic carbocycles. The number of hydrogen-bond donors (Lipinski definition) is 1. The third-order valence-corrected chi connectivity index (χ3v) is 5.80. The standard InChI is InChI=1S/C25H28N4O7/c1-25(2,3)36-24(31)28-10-9-27-17(11-15-7-6-8-18(28)22(15)27)14-26-21-19(29(32)33)12-16(23(30)35-5)13-20(21)34-4/h6-8,11-13,26H,9-10,14H2,1-5H3. The molecule has 11 heteroatoms. The number of nitro benzene ring substituents is 1. The molecule has 0 bridgehead atoms. The fraction of sp³-hybridized carbons (Fsp3) is 0.360. The van der Waals surface area contributed by atoms with E-state index in [1.54, 1.807) is 4.90 Å². The van der Waals surface area contributed by atoms with Gasteiger partial charge in [-0.3, -0.25) is 15.0 Å². The summed E-state index contributed by atoms with van der Waals surface area (Å²) < 4.78 is 17.7. The van der Waals surface area contributed by atoms with Crippen LogP contribution >= 0.6 is 0 Å². The largest absolute Gasteiger partial charge is 0.494 e. The van der Waals surface area contributed by atoms with Crippen LogP contribution in [0.25, 0.3) is 10.9 Å². The maximum Gasteiger partial charge on any atom is 0.414 e. The van der Waals surface area contributed by atoms with Gasteiger partial charge in [0.05, 0.1) is 42.5 Å². The van der Waals surface area contributed by atoms with E-state index in [9.17, 15) is 19.7 Å². The lowest BCUT2D eigenvalue weighted by atomic mass is 10.1. The fourth-order valence-corrected chi connectivity index (χ4v) is 4.31. The number of methoxy groups -OCH3 is 2. The van der Waals surface area contributed by atoms with Crippen LogP contribution in [0.3, 0.4) is 0 Å². The molecule has 3 aromatic rings. The minimum Gasteiger partial charge on any atom is -0.494 e. The van der Waals surface area contributed by atoms with Crippen molar-refractivity contribution in [3.05, 3.63) is 57.8 Å². The minimum atomic E-state index is -0.702. The van der Waals surface area contributed by atoms with Gasteiger partial charge < -0.3 is 24.1 Å². The number of esters is 1. The molecular weight excluding hydrogens is 468 g/mol. The van der Waals surface area contributed by atoms with Crippen molar-refractivity contribution in [2.24, 2.45) is 0 Å². The van der Waals surface area contributed by atoms with E-state index in [-0.39, 0.29) is 29.2 Å². The Balaban J connectivity index is 1.69. The molecule has 11 nitrogen and oxygen atoms in total. The Morgan fingerprint density at radius 2 is 1.89 bits per heavy atom. The molecule has 1 aromatic heterocycles. The molecule has 4 rings (SSSR count). The van der Waals surface area contributed by atoms with Crippen LogP contribution < -0.4 is 15.0 Å². The summed E-state index contributed by atoms with van der Waals surface area (Å²) in [6, 6.07) is 10.2. The Hall–Kier alpha value is -4.28. The van der Waals surface area contributed by atoms with Crippen molar-refractivity contribution in [2.75, 3.05) is 31.0 Å². The van der Waals surface area contributed by atoms with Gasteiger partial charge in [0.15, 0.2) is 5.69 Å².